The predicted octanol–water partition coefficient (Wildman–Crippen LogP) is 2.05. The molecular weight excluding hydrogens is 330 g/mol. The first-order valence-electron chi connectivity index (χ1n) is 8.86. The number of rotatable bonds is 9. The Labute approximate surface area is 153 Å². The summed E-state index contributed by atoms with van der Waals surface area (Å²) in [6.07, 6.45) is 3.94. The maximum Gasteiger partial charge on any atom is 0.274 e. The monoisotopic (exact) mass is 355 g/mol. The molecule has 0 spiro atoms. The van der Waals surface area contributed by atoms with Crippen molar-refractivity contribution in [2.24, 2.45) is 11.7 Å². The van der Waals surface area contributed by atoms with Crippen LogP contribution in [0.1, 0.15) is 28.9 Å². The molecule has 2 aromatic rings. The summed E-state index contributed by atoms with van der Waals surface area (Å²) in [6, 6.07) is 9.19. The average molecular weight is 355 g/mol. The van der Waals surface area contributed by atoms with E-state index in [-0.39, 0.29) is 5.91 Å². The van der Waals surface area contributed by atoms with Crippen LogP contribution in [0.3, 0.4) is 0 Å². The maximum atomic E-state index is 12.5. The van der Waals surface area contributed by atoms with Gasteiger partial charge in [0.2, 0.25) is 0 Å². The van der Waals surface area contributed by atoms with Gasteiger partial charge in [-0.1, -0.05) is 12.1 Å². The number of nitrogens with two attached hydrogens (primary N) is 1. The molecule has 7 heteroatoms. The lowest BCUT2D eigenvalue weighted by molar-refractivity contribution is 0.102. The second kappa shape index (κ2) is 8.73. The van der Waals surface area contributed by atoms with E-state index >= 15 is 0 Å². The topological polar surface area (TPSA) is 93.4 Å². The van der Waals surface area contributed by atoms with Gasteiger partial charge in [-0.25, -0.2) is 9.97 Å². The van der Waals surface area contributed by atoms with Crippen molar-refractivity contribution in [1.82, 2.24) is 9.97 Å². The van der Waals surface area contributed by atoms with Crippen LogP contribution in [0.5, 0.6) is 0 Å². The number of ether oxygens (including phenoxy) is 1. The second-order valence-electron chi connectivity index (χ2n) is 6.50. The number of hydrogen-bond acceptors (Lipinski definition) is 6. The van der Waals surface area contributed by atoms with Gasteiger partial charge in [0.1, 0.15) is 17.8 Å². The van der Waals surface area contributed by atoms with Crippen LogP contribution < -0.4 is 16.0 Å². The third kappa shape index (κ3) is 5.00. The van der Waals surface area contributed by atoms with Gasteiger partial charge in [0.25, 0.3) is 5.91 Å². The van der Waals surface area contributed by atoms with Crippen molar-refractivity contribution >= 4 is 17.4 Å². The number of amides is 1. The van der Waals surface area contributed by atoms with Crippen molar-refractivity contribution in [2.75, 3.05) is 37.0 Å². The predicted molar refractivity (Wildman–Crippen MR) is 101 cm³/mol. The van der Waals surface area contributed by atoms with Crippen LogP contribution in [0.25, 0.3) is 0 Å². The van der Waals surface area contributed by atoms with E-state index in [0.29, 0.717) is 30.5 Å². The molecule has 0 radical (unpaired) electrons. The minimum absolute atomic E-state index is 0.257. The molecule has 1 saturated carbocycles. The van der Waals surface area contributed by atoms with Crippen molar-refractivity contribution in [3.05, 3.63) is 47.9 Å². The van der Waals surface area contributed by atoms with Crippen LogP contribution >= 0.6 is 0 Å². The Balaban J connectivity index is 1.70. The number of aromatic nitrogens is 2. The minimum Gasteiger partial charge on any atom is -0.383 e. The van der Waals surface area contributed by atoms with Gasteiger partial charge in [-0.05, 0) is 36.5 Å². The van der Waals surface area contributed by atoms with Crippen LogP contribution in [0, 0.1) is 5.92 Å². The molecule has 0 atom stereocenters. The number of anilines is 2. The van der Waals surface area contributed by atoms with Crippen molar-refractivity contribution in [1.29, 1.82) is 0 Å². The van der Waals surface area contributed by atoms with E-state index in [1.807, 2.05) is 24.3 Å². The normalized spacial score (nSPS) is 13.5. The summed E-state index contributed by atoms with van der Waals surface area (Å²) in [5.74, 6) is 1.21. The van der Waals surface area contributed by atoms with E-state index in [1.54, 1.807) is 13.2 Å². The number of nitrogens with zero attached hydrogens (tertiary/aromatic N) is 3. The third-order valence-corrected chi connectivity index (χ3v) is 4.40. The van der Waals surface area contributed by atoms with E-state index in [0.717, 1.165) is 24.5 Å². The molecule has 0 saturated heterocycles. The lowest BCUT2D eigenvalue weighted by atomic mass is 10.2. The smallest absolute Gasteiger partial charge is 0.274 e. The molecule has 1 aliphatic carbocycles. The molecule has 0 unspecified atom stereocenters. The molecule has 3 N–H and O–H groups in total. The lowest BCUT2D eigenvalue weighted by Crippen LogP contribution is -2.30. The van der Waals surface area contributed by atoms with Crippen LogP contribution in [0.4, 0.5) is 11.5 Å². The second-order valence-corrected chi connectivity index (χ2v) is 6.50. The number of benzene rings is 1. The van der Waals surface area contributed by atoms with Crippen LogP contribution in [0.15, 0.2) is 36.7 Å². The van der Waals surface area contributed by atoms with E-state index in [2.05, 4.69) is 20.2 Å². The largest absolute Gasteiger partial charge is 0.383 e. The van der Waals surface area contributed by atoms with Crippen LogP contribution in [-0.2, 0) is 11.3 Å². The molecule has 138 valence electrons. The molecule has 3 rings (SSSR count). The number of nitrogens with one attached hydrogen (secondary N) is 1. The van der Waals surface area contributed by atoms with E-state index in [4.69, 9.17) is 10.5 Å². The highest BCUT2D eigenvalue weighted by atomic mass is 16.5. The Morgan fingerprint density at radius 2 is 2.08 bits per heavy atom. The summed E-state index contributed by atoms with van der Waals surface area (Å²) in [5, 5.41) is 2.86. The summed E-state index contributed by atoms with van der Waals surface area (Å²) in [5.41, 5.74) is 7.66. The quantitative estimate of drug-likeness (QED) is 0.715. The molecule has 0 bridgehead atoms. The number of carbonyl (C=O) groups excluding carboxylic acids is 1. The summed E-state index contributed by atoms with van der Waals surface area (Å²) in [6.45, 7) is 2.77. The molecular formula is C19H25N5O2. The number of methoxy groups -OCH3 is 1. The van der Waals surface area contributed by atoms with Gasteiger partial charge in [0.05, 0.1) is 6.61 Å². The summed E-state index contributed by atoms with van der Waals surface area (Å²) >= 11 is 0. The van der Waals surface area contributed by atoms with E-state index < -0.39 is 0 Å². The van der Waals surface area contributed by atoms with Crippen LogP contribution in [0.2, 0.25) is 0 Å². The fraction of sp³-hybridized carbons (Fsp3) is 0.421. The first-order valence-corrected chi connectivity index (χ1v) is 8.86. The average Bonchev–Trinajstić information content (AvgIpc) is 3.50. The first kappa shape index (κ1) is 18.3. The fourth-order valence-electron chi connectivity index (χ4n) is 2.68. The zero-order valence-electron chi connectivity index (χ0n) is 15.0. The first-order chi connectivity index (χ1) is 12.7. The number of carbonyl (C=O) groups is 1. The van der Waals surface area contributed by atoms with Gasteiger partial charge in [-0.3, -0.25) is 4.79 Å². The van der Waals surface area contributed by atoms with Crippen molar-refractivity contribution < 1.29 is 9.53 Å². The molecule has 1 aromatic heterocycles. The molecule has 1 amide bonds. The molecule has 1 heterocycles. The Hall–Kier alpha value is -2.51. The molecule has 26 heavy (non-hydrogen) atoms. The molecule has 1 fully saturated rings. The fourth-order valence-corrected chi connectivity index (χ4v) is 2.68. The summed E-state index contributed by atoms with van der Waals surface area (Å²) in [4.78, 5) is 23.2. The SMILES string of the molecule is COCCN(CC1CC1)c1cc(C(=O)Nc2ccc(CN)cc2)ncn1. The molecule has 0 aliphatic heterocycles. The minimum atomic E-state index is -0.257. The van der Waals surface area contributed by atoms with Crippen LogP contribution in [-0.4, -0.2) is 42.7 Å². The Kier molecular flexibility index (Phi) is 6.14. The number of hydrogen-bond donors (Lipinski definition) is 2. The van der Waals surface area contributed by atoms with Gasteiger partial charge in [-0.15, -0.1) is 0 Å². The molecule has 1 aliphatic rings. The Morgan fingerprint density at radius 1 is 1.31 bits per heavy atom. The zero-order chi connectivity index (χ0) is 18.4. The Bertz CT molecular complexity index is 731. The molecule has 7 nitrogen and oxygen atoms in total. The van der Waals surface area contributed by atoms with Crippen molar-refractivity contribution in [3.63, 3.8) is 0 Å². The van der Waals surface area contributed by atoms with Gasteiger partial charge in [0, 0.05) is 38.5 Å². The highest BCUT2D eigenvalue weighted by Gasteiger charge is 2.25. The summed E-state index contributed by atoms with van der Waals surface area (Å²) < 4.78 is 5.20. The lowest BCUT2D eigenvalue weighted by Gasteiger charge is -2.23. The standard InChI is InChI=1S/C19H25N5O2/c1-26-9-8-24(12-15-2-3-15)18-10-17(21-13-22-18)19(25)23-16-6-4-14(11-20)5-7-16/h4-7,10,13,15H,2-3,8-9,11-12,20H2,1H3,(H,23,25). The van der Waals surface area contributed by atoms with E-state index in [1.165, 1.54) is 19.2 Å². The van der Waals surface area contributed by atoms with Gasteiger partial charge < -0.3 is 20.7 Å². The van der Waals surface area contributed by atoms with Gasteiger partial charge in [0.15, 0.2) is 0 Å². The van der Waals surface area contributed by atoms with Gasteiger partial charge >= 0.3 is 0 Å². The zero-order valence-corrected chi connectivity index (χ0v) is 15.0. The Morgan fingerprint density at radius 3 is 2.73 bits per heavy atom. The van der Waals surface area contributed by atoms with E-state index in [9.17, 15) is 4.79 Å². The highest BCUT2D eigenvalue weighted by molar-refractivity contribution is 6.03. The summed E-state index contributed by atoms with van der Waals surface area (Å²) in [7, 11) is 1.68. The van der Waals surface area contributed by atoms with Gasteiger partial charge in [-0.2, -0.15) is 0 Å². The highest BCUT2D eigenvalue weighted by Crippen LogP contribution is 2.31. The molecule has 1 aromatic carbocycles. The maximum absolute atomic E-state index is 12.5. The third-order valence-electron chi connectivity index (χ3n) is 4.40. The van der Waals surface area contributed by atoms with Crippen molar-refractivity contribution in [2.45, 2.75) is 19.4 Å². The van der Waals surface area contributed by atoms with Crippen molar-refractivity contribution in [3.8, 4) is 0 Å².